The monoisotopic (exact) mass is 320 g/mol. The van der Waals surface area contributed by atoms with Gasteiger partial charge in [-0.25, -0.2) is 13.4 Å². The Morgan fingerprint density at radius 3 is 2.50 bits per heavy atom. The van der Waals surface area contributed by atoms with Crippen LogP contribution in [0, 0.1) is 0 Å². The summed E-state index contributed by atoms with van der Waals surface area (Å²) in [6, 6.07) is 6.91. The maximum absolute atomic E-state index is 11.4. The van der Waals surface area contributed by atoms with Crippen LogP contribution in [0.4, 0.5) is 0 Å². The first-order chi connectivity index (χ1) is 10.5. The van der Waals surface area contributed by atoms with E-state index in [9.17, 15) is 8.42 Å². The molecule has 1 aromatic carbocycles. The molecule has 0 amide bonds. The molecule has 1 saturated heterocycles. The molecule has 1 aromatic heterocycles. The highest BCUT2D eigenvalue weighted by atomic mass is 32.2. The molecule has 7 heteroatoms. The van der Waals surface area contributed by atoms with E-state index in [-0.39, 0.29) is 0 Å². The van der Waals surface area contributed by atoms with Crippen molar-refractivity contribution in [3.8, 4) is 0 Å². The van der Waals surface area contributed by atoms with Crippen molar-refractivity contribution in [1.29, 1.82) is 0 Å². The smallest absolute Gasteiger partial charge is 0.175 e. The summed E-state index contributed by atoms with van der Waals surface area (Å²) in [5.74, 6) is 2.14. The highest BCUT2D eigenvalue weighted by Crippen LogP contribution is 2.22. The van der Waals surface area contributed by atoms with Crippen molar-refractivity contribution in [3.63, 3.8) is 0 Å². The molecule has 0 bridgehead atoms. The normalized spacial score (nSPS) is 16.8. The minimum atomic E-state index is -3.14. The molecule has 2 N–H and O–H groups in total. The number of H-pyrrole nitrogens is 1. The van der Waals surface area contributed by atoms with Crippen molar-refractivity contribution in [2.45, 2.75) is 30.1 Å². The maximum atomic E-state index is 11.4. The first-order valence-corrected chi connectivity index (χ1v) is 9.32. The zero-order valence-electron chi connectivity index (χ0n) is 12.5. The lowest BCUT2D eigenvalue weighted by Gasteiger charge is -2.19. The Morgan fingerprint density at radius 2 is 1.86 bits per heavy atom. The van der Waals surface area contributed by atoms with Crippen LogP contribution in [0.5, 0.6) is 0 Å². The number of piperidine rings is 1. The molecule has 1 aliphatic rings. The Balaban J connectivity index is 1.69. The number of benzene rings is 1. The lowest BCUT2D eigenvalue weighted by molar-refractivity contribution is 0.446. The van der Waals surface area contributed by atoms with Crippen molar-refractivity contribution < 1.29 is 8.42 Å². The number of nitrogens with zero attached hydrogens (tertiary/aromatic N) is 2. The molecular weight excluding hydrogens is 300 g/mol. The van der Waals surface area contributed by atoms with Gasteiger partial charge in [0.05, 0.1) is 4.90 Å². The molecule has 0 aliphatic carbocycles. The van der Waals surface area contributed by atoms with Gasteiger partial charge in [0.15, 0.2) is 15.7 Å². The number of aromatic nitrogens is 3. The minimum absolute atomic E-state index is 0.337. The molecule has 0 saturated carbocycles. The van der Waals surface area contributed by atoms with E-state index in [1.165, 1.54) is 6.26 Å². The predicted molar refractivity (Wildman–Crippen MR) is 83.6 cm³/mol. The van der Waals surface area contributed by atoms with E-state index in [0.29, 0.717) is 17.2 Å². The van der Waals surface area contributed by atoms with Gasteiger partial charge in [-0.05, 0) is 43.6 Å². The Morgan fingerprint density at radius 1 is 1.18 bits per heavy atom. The van der Waals surface area contributed by atoms with Crippen LogP contribution in [0.3, 0.4) is 0 Å². The first kappa shape index (κ1) is 15.2. The van der Waals surface area contributed by atoms with Gasteiger partial charge < -0.3 is 5.32 Å². The second-order valence-electron chi connectivity index (χ2n) is 5.76. The number of hydrogen-bond acceptors (Lipinski definition) is 5. The number of sulfone groups is 1. The number of aromatic amines is 1. The maximum Gasteiger partial charge on any atom is 0.175 e. The molecule has 1 fully saturated rings. The topological polar surface area (TPSA) is 87.7 Å². The summed E-state index contributed by atoms with van der Waals surface area (Å²) in [5.41, 5.74) is 1.01. The van der Waals surface area contributed by atoms with Crippen molar-refractivity contribution in [1.82, 2.24) is 20.5 Å². The van der Waals surface area contributed by atoms with Crippen LogP contribution in [0.25, 0.3) is 0 Å². The van der Waals surface area contributed by atoms with Crippen molar-refractivity contribution in [2.75, 3.05) is 19.3 Å². The molecular formula is C15H20N4O2S. The van der Waals surface area contributed by atoms with E-state index in [2.05, 4.69) is 20.5 Å². The summed E-state index contributed by atoms with van der Waals surface area (Å²) < 4.78 is 22.9. The van der Waals surface area contributed by atoms with E-state index < -0.39 is 9.84 Å². The molecule has 2 aromatic rings. The Kier molecular flexibility index (Phi) is 4.26. The standard InChI is InChI=1S/C15H20N4O2S/c1-22(20,21)13-4-2-11(3-5-13)10-14-17-15(19-18-14)12-6-8-16-9-7-12/h2-5,12,16H,6-10H2,1H3,(H,17,18,19). The van der Waals surface area contributed by atoms with Crippen molar-refractivity contribution in [3.05, 3.63) is 41.5 Å². The molecule has 0 atom stereocenters. The molecule has 118 valence electrons. The van der Waals surface area contributed by atoms with E-state index in [0.717, 1.165) is 43.1 Å². The van der Waals surface area contributed by atoms with Crippen LogP contribution in [0.2, 0.25) is 0 Å². The average molecular weight is 320 g/mol. The number of rotatable bonds is 4. The summed E-state index contributed by atoms with van der Waals surface area (Å²) >= 11 is 0. The average Bonchev–Trinajstić information content (AvgIpc) is 2.96. The molecule has 0 spiro atoms. The predicted octanol–water partition coefficient (Wildman–Crippen LogP) is 1.27. The van der Waals surface area contributed by atoms with Crippen LogP contribution in [0.1, 0.15) is 36.0 Å². The molecule has 1 aliphatic heterocycles. The number of nitrogens with one attached hydrogen (secondary N) is 2. The third-order valence-electron chi connectivity index (χ3n) is 3.98. The van der Waals surface area contributed by atoms with Gasteiger partial charge in [0.1, 0.15) is 5.82 Å². The van der Waals surface area contributed by atoms with Crippen LogP contribution >= 0.6 is 0 Å². The molecule has 0 radical (unpaired) electrons. The van der Waals surface area contributed by atoms with Gasteiger partial charge in [-0.2, -0.15) is 5.10 Å². The molecule has 3 rings (SSSR count). The van der Waals surface area contributed by atoms with Crippen molar-refractivity contribution >= 4 is 9.84 Å². The van der Waals surface area contributed by atoms with Crippen LogP contribution < -0.4 is 5.32 Å². The van der Waals surface area contributed by atoms with Gasteiger partial charge >= 0.3 is 0 Å². The summed E-state index contributed by atoms with van der Waals surface area (Å²) in [7, 11) is -3.14. The Hall–Kier alpha value is -1.73. The van der Waals surface area contributed by atoms with Gasteiger partial charge in [0, 0.05) is 18.6 Å². The van der Waals surface area contributed by atoms with Gasteiger partial charge in [0.2, 0.25) is 0 Å². The summed E-state index contributed by atoms with van der Waals surface area (Å²) in [4.78, 5) is 4.92. The lowest BCUT2D eigenvalue weighted by atomic mass is 9.98. The van der Waals surface area contributed by atoms with Crippen molar-refractivity contribution in [2.24, 2.45) is 0 Å². The van der Waals surface area contributed by atoms with Gasteiger partial charge in [-0.3, -0.25) is 5.10 Å². The van der Waals surface area contributed by atoms with E-state index >= 15 is 0 Å². The fourth-order valence-electron chi connectivity index (χ4n) is 2.70. The highest BCUT2D eigenvalue weighted by molar-refractivity contribution is 7.90. The summed E-state index contributed by atoms with van der Waals surface area (Å²) in [6.45, 7) is 2.03. The zero-order valence-corrected chi connectivity index (χ0v) is 13.4. The second kappa shape index (κ2) is 6.18. The number of hydrogen-bond donors (Lipinski definition) is 2. The largest absolute Gasteiger partial charge is 0.317 e. The fourth-order valence-corrected chi connectivity index (χ4v) is 3.33. The quantitative estimate of drug-likeness (QED) is 0.885. The fraction of sp³-hybridized carbons (Fsp3) is 0.467. The van der Waals surface area contributed by atoms with E-state index in [1.807, 2.05) is 12.1 Å². The SMILES string of the molecule is CS(=O)(=O)c1ccc(Cc2nc(C3CCNCC3)n[nH]2)cc1. The van der Waals surface area contributed by atoms with E-state index in [4.69, 9.17) is 0 Å². The highest BCUT2D eigenvalue weighted by Gasteiger charge is 2.19. The van der Waals surface area contributed by atoms with Gasteiger partial charge in [-0.15, -0.1) is 0 Å². The minimum Gasteiger partial charge on any atom is -0.317 e. The zero-order chi connectivity index (χ0) is 15.6. The van der Waals surface area contributed by atoms with Crippen LogP contribution in [-0.2, 0) is 16.3 Å². The van der Waals surface area contributed by atoms with Gasteiger partial charge in [0.25, 0.3) is 0 Å². The third kappa shape index (κ3) is 3.53. The lowest BCUT2D eigenvalue weighted by Crippen LogP contribution is -2.27. The summed E-state index contributed by atoms with van der Waals surface area (Å²) in [5, 5.41) is 10.7. The first-order valence-electron chi connectivity index (χ1n) is 7.43. The Labute approximate surface area is 130 Å². The molecule has 0 unspecified atom stereocenters. The molecule has 22 heavy (non-hydrogen) atoms. The third-order valence-corrected chi connectivity index (χ3v) is 5.10. The van der Waals surface area contributed by atoms with Crippen LogP contribution in [-0.4, -0.2) is 42.9 Å². The van der Waals surface area contributed by atoms with E-state index in [1.54, 1.807) is 12.1 Å². The van der Waals surface area contributed by atoms with Crippen LogP contribution in [0.15, 0.2) is 29.2 Å². The van der Waals surface area contributed by atoms with Gasteiger partial charge in [-0.1, -0.05) is 12.1 Å². The molecule has 6 nitrogen and oxygen atoms in total. The Bertz CT molecular complexity index is 731. The second-order valence-corrected chi connectivity index (χ2v) is 7.77. The summed E-state index contributed by atoms with van der Waals surface area (Å²) in [6.07, 6.45) is 3.98. The molecule has 2 heterocycles.